The van der Waals surface area contributed by atoms with E-state index < -0.39 is 0 Å². The van der Waals surface area contributed by atoms with Crippen molar-refractivity contribution in [2.45, 2.75) is 52.6 Å². The molecule has 26 heavy (non-hydrogen) atoms. The summed E-state index contributed by atoms with van der Waals surface area (Å²) >= 11 is 0. The molecular formula is C22H26FNO2. The SMILES string of the molecule is CCCc1ccc(COc2cccc3c2N(C(=O)CC)CCC3)cc1F. The van der Waals surface area contributed by atoms with Crippen LogP contribution in [-0.2, 0) is 24.2 Å². The zero-order valence-electron chi connectivity index (χ0n) is 15.6. The van der Waals surface area contributed by atoms with E-state index in [0.29, 0.717) is 12.2 Å². The smallest absolute Gasteiger partial charge is 0.226 e. The number of hydrogen-bond acceptors (Lipinski definition) is 2. The van der Waals surface area contributed by atoms with Crippen LogP contribution in [0.2, 0.25) is 0 Å². The fourth-order valence-corrected chi connectivity index (χ4v) is 3.49. The van der Waals surface area contributed by atoms with E-state index in [0.717, 1.165) is 54.6 Å². The number of nitrogens with zero attached hydrogens (tertiary/aromatic N) is 1. The highest BCUT2D eigenvalue weighted by molar-refractivity contribution is 5.96. The first kappa shape index (κ1) is 18.4. The summed E-state index contributed by atoms with van der Waals surface area (Å²) in [5, 5.41) is 0. The molecule has 0 radical (unpaired) electrons. The third-order valence-corrected chi connectivity index (χ3v) is 4.81. The predicted molar refractivity (Wildman–Crippen MR) is 102 cm³/mol. The molecule has 0 saturated heterocycles. The molecule has 1 aliphatic rings. The summed E-state index contributed by atoms with van der Waals surface area (Å²) in [5.74, 6) is 0.629. The van der Waals surface area contributed by atoms with Crippen LogP contribution in [0.15, 0.2) is 36.4 Å². The minimum atomic E-state index is -0.175. The number of carbonyl (C=O) groups is 1. The van der Waals surface area contributed by atoms with E-state index >= 15 is 0 Å². The lowest BCUT2D eigenvalue weighted by atomic mass is 10.0. The lowest BCUT2D eigenvalue weighted by Crippen LogP contribution is -2.35. The number of rotatable bonds is 6. The Morgan fingerprint density at radius 2 is 2.08 bits per heavy atom. The van der Waals surface area contributed by atoms with E-state index in [-0.39, 0.29) is 18.3 Å². The van der Waals surface area contributed by atoms with Gasteiger partial charge in [0.25, 0.3) is 0 Å². The van der Waals surface area contributed by atoms with Gasteiger partial charge in [0.05, 0.1) is 5.69 Å². The van der Waals surface area contributed by atoms with Gasteiger partial charge in [-0.1, -0.05) is 44.5 Å². The van der Waals surface area contributed by atoms with Crippen LogP contribution >= 0.6 is 0 Å². The van der Waals surface area contributed by atoms with Crippen molar-refractivity contribution in [2.75, 3.05) is 11.4 Å². The monoisotopic (exact) mass is 355 g/mol. The molecule has 0 fully saturated rings. The molecule has 1 heterocycles. The first-order valence-electron chi connectivity index (χ1n) is 9.46. The van der Waals surface area contributed by atoms with Gasteiger partial charge in [-0.2, -0.15) is 0 Å². The van der Waals surface area contributed by atoms with Gasteiger partial charge in [-0.05, 0) is 48.1 Å². The summed E-state index contributed by atoms with van der Waals surface area (Å²) in [4.78, 5) is 14.2. The summed E-state index contributed by atoms with van der Waals surface area (Å²) in [6, 6.07) is 11.2. The maximum Gasteiger partial charge on any atom is 0.226 e. The fourth-order valence-electron chi connectivity index (χ4n) is 3.49. The lowest BCUT2D eigenvalue weighted by Gasteiger charge is -2.31. The molecule has 0 spiro atoms. The fraction of sp³-hybridized carbons (Fsp3) is 0.409. The number of carbonyl (C=O) groups excluding carboxylic acids is 1. The summed E-state index contributed by atoms with van der Waals surface area (Å²) in [6.07, 6.45) is 4.04. The van der Waals surface area contributed by atoms with Crippen LogP contribution in [0, 0.1) is 5.82 Å². The Kier molecular flexibility index (Phi) is 5.92. The minimum Gasteiger partial charge on any atom is -0.487 e. The second-order valence-corrected chi connectivity index (χ2v) is 6.73. The van der Waals surface area contributed by atoms with Crippen molar-refractivity contribution >= 4 is 11.6 Å². The number of amides is 1. The van der Waals surface area contributed by atoms with E-state index in [9.17, 15) is 9.18 Å². The van der Waals surface area contributed by atoms with Crippen molar-refractivity contribution in [3.8, 4) is 5.75 Å². The minimum absolute atomic E-state index is 0.108. The average molecular weight is 355 g/mol. The van der Waals surface area contributed by atoms with Crippen molar-refractivity contribution in [1.29, 1.82) is 0 Å². The number of ether oxygens (including phenoxy) is 1. The van der Waals surface area contributed by atoms with Gasteiger partial charge in [0.15, 0.2) is 0 Å². The maximum atomic E-state index is 14.1. The van der Waals surface area contributed by atoms with E-state index in [1.54, 1.807) is 6.07 Å². The number of aryl methyl sites for hydroxylation is 2. The Morgan fingerprint density at radius 3 is 2.81 bits per heavy atom. The first-order valence-corrected chi connectivity index (χ1v) is 9.46. The Balaban J connectivity index is 1.81. The van der Waals surface area contributed by atoms with Crippen LogP contribution in [0.3, 0.4) is 0 Å². The molecule has 1 aliphatic heterocycles. The van der Waals surface area contributed by atoms with Gasteiger partial charge in [-0.3, -0.25) is 4.79 Å². The van der Waals surface area contributed by atoms with Crippen molar-refractivity contribution in [1.82, 2.24) is 0 Å². The largest absolute Gasteiger partial charge is 0.487 e. The zero-order chi connectivity index (χ0) is 18.5. The molecule has 0 saturated carbocycles. The standard InChI is InChI=1S/C22H26FNO2/c1-3-7-17-12-11-16(14-19(17)23)15-26-20-10-5-8-18-9-6-13-24(22(18)20)21(25)4-2/h5,8,10-12,14H,3-4,6-7,9,13,15H2,1-2H3. The van der Waals surface area contributed by atoms with E-state index in [1.807, 2.05) is 43.0 Å². The third kappa shape index (κ3) is 3.90. The average Bonchev–Trinajstić information content (AvgIpc) is 2.67. The molecule has 0 aromatic heterocycles. The van der Waals surface area contributed by atoms with Crippen molar-refractivity contribution in [3.05, 3.63) is 58.9 Å². The molecule has 0 N–H and O–H groups in total. The van der Waals surface area contributed by atoms with Gasteiger partial charge < -0.3 is 9.64 Å². The van der Waals surface area contributed by atoms with Crippen LogP contribution in [0.1, 0.15) is 49.8 Å². The third-order valence-electron chi connectivity index (χ3n) is 4.81. The number of halogens is 1. The van der Waals surface area contributed by atoms with Gasteiger partial charge in [0.2, 0.25) is 5.91 Å². The van der Waals surface area contributed by atoms with Crippen molar-refractivity contribution < 1.29 is 13.9 Å². The molecule has 4 heteroatoms. The summed E-state index contributed by atoms with van der Waals surface area (Å²) in [5.41, 5.74) is 3.56. The second kappa shape index (κ2) is 8.35. The van der Waals surface area contributed by atoms with Gasteiger partial charge >= 0.3 is 0 Å². The van der Waals surface area contributed by atoms with Crippen LogP contribution in [0.5, 0.6) is 5.75 Å². The zero-order valence-corrected chi connectivity index (χ0v) is 15.6. The summed E-state index contributed by atoms with van der Waals surface area (Å²) in [7, 11) is 0. The summed E-state index contributed by atoms with van der Waals surface area (Å²) in [6.45, 7) is 4.92. The highest BCUT2D eigenvalue weighted by atomic mass is 19.1. The number of benzene rings is 2. The van der Waals surface area contributed by atoms with E-state index in [1.165, 1.54) is 0 Å². The Morgan fingerprint density at radius 1 is 1.23 bits per heavy atom. The van der Waals surface area contributed by atoms with Gasteiger partial charge in [0.1, 0.15) is 18.2 Å². The highest BCUT2D eigenvalue weighted by Crippen LogP contribution is 2.37. The van der Waals surface area contributed by atoms with Crippen LogP contribution in [-0.4, -0.2) is 12.5 Å². The molecule has 2 aromatic rings. The quantitative estimate of drug-likeness (QED) is 0.726. The summed E-state index contributed by atoms with van der Waals surface area (Å²) < 4.78 is 20.2. The molecule has 0 bridgehead atoms. The van der Waals surface area contributed by atoms with Gasteiger partial charge in [-0.15, -0.1) is 0 Å². The van der Waals surface area contributed by atoms with Gasteiger partial charge in [-0.25, -0.2) is 4.39 Å². The lowest BCUT2D eigenvalue weighted by molar-refractivity contribution is -0.118. The van der Waals surface area contributed by atoms with Gasteiger partial charge in [0, 0.05) is 13.0 Å². The predicted octanol–water partition coefficient (Wildman–Crippen LogP) is 5.05. The van der Waals surface area contributed by atoms with Crippen molar-refractivity contribution in [3.63, 3.8) is 0 Å². The second-order valence-electron chi connectivity index (χ2n) is 6.73. The van der Waals surface area contributed by atoms with Crippen molar-refractivity contribution in [2.24, 2.45) is 0 Å². The van der Waals surface area contributed by atoms with Crippen LogP contribution < -0.4 is 9.64 Å². The van der Waals surface area contributed by atoms with Crippen LogP contribution in [0.4, 0.5) is 10.1 Å². The Bertz CT molecular complexity index is 788. The van der Waals surface area contributed by atoms with E-state index in [4.69, 9.17) is 4.74 Å². The molecule has 138 valence electrons. The van der Waals surface area contributed by atoms with E-state index in [2.05, 4.69) is 6.07 Å². The normalized spacial score (nSPS) is 13.4. The highest BCUT2D eigenvalue weighted by Gasteiger charge is 2.25. The Hall–Kier alpha value is -2.36. The van der Waals surface area contributed by atoms with Crippen LogP contribution in [0.25, 0.3) is 0 Å². The number of anilines is 1. The number of para-hydroxylation sites is 1. The molecular weight excluding hydrogens is 329 g/mol. The molecule has 0 atom stereocenters. The maximum absolute atomic E-state index is 14.1. The topological polar surface area (TPSA) is 29.5 Å². The first-order chi connectivity index (χ1) is 12.6. The number of hydrogen-bond donors (Lipinski definition) is 0. The molecule has 0 aliphatic carbocycles. The molecule has 1 amide bonds. The Labute approximate surface area is 154 Å². The molecule has 3 rings (SSSR count). The molecule has 0 unspecified atom stereocenters. The number of fused-ring (bicyclic) bond motifs is 1. The molecule has 2 aromatic carbocycles. The molecule has 3 nitrogen and oxygen atoms in total.